The fourth-order valence-electron chi connectivity index (χ4n) is 4.07. The summed E-state index contributed by atoms with van der Waals surface area (Å²) in [5.74, 6) is -3.50. The lowest BCUT2D eigenvalue weighted by Gasteiger charge is -2.34. The Bertz CT molecular complexity index is 902. The Balaban J connectivity index is 1.93. The van der Waals surface area contributed by atoms with Crippen molar-refractivity contribution >= 4 is 98.7 Å². The van der Waals surface area contributed by atoms with Crippen LogP contribution in [0, 0.1) is 11.8 Å². The first-order valence-electron chi connectivity index (χ1n) is 7.49. The number of alkyl halides is 4. The SMILES string of the molecule is COc1ccc(Cl)cc1N1C(=O)[C@@H]2[C@@H](C1=O)[C@@]1(Cl)C(Cl)=C(Cl)[C@@]2(Cl)C1(Cl)Cl. The first kappa shape index (κ1) is 20.2. The van der Waals surface area contributed by atoms with Gasteiger partial charge in [0.1, 0.15) is 15.5 Å². The van der Waals surface area contributed by atoms with Gasteiger partial charge in [-0.3, -0.25) is 9.59 Å². The molecule has 1 aromatic carbocycles. The number of halogens is 7. The number of fused-ring (bicyclic) bond motifs is 5. The Kier molecular flexibility index (Phi) is 4.47. The van der Waals surface area contributed by atoms with Crippen LogP contribution in [0.3, 0.4) is 0 Å². The van der Waals surface area contributed by atoms with Crippen LogP contribution < -0.4 is 9.64 Å². The molecule has 1 aliphatic heterocycles. The van der Waals surface area contributed by atoms with Gasteiger partial charge in [-0.1, -0.05) is 58.0 Å². The summed E-state index contributed by atoms with van der Waals surface area (Å²) in [5, 5.41) is 0.00659. The summed E-state index contributed by atoms with van der Waals surface area (Å²) in [5.41, 5.74) is 0.149. The molecule has 27 heavy (non-hydrogen) atoms. The van der Waals surface area contributed by atoms with Crippen LogP contribution >= 0.6 is 81.2 Å². The van der Waals surface area contributed by atoms with E-state index in [9.17, 15) is 9.59 Å². The Morgan fingerprint density at radius 3 is 1.85 bits per heavy atom. The molecule has 0 unspecified atom stereocenters. The van der Waals surface area contributed by atoms with E-state index in [4.69, 9.17) is 85.9 Å². The largest absolute Gasteiger partial charge is 0.495 e. The molecular weight excluding hydrogens is 502 g/mol. The van der Waals surface area contributed by atoms with Gasteiger partial charge in [-0.05, 0) is 18.2 Å². The molecule has 1 aromatic rings. The van der Waals surface area contributed by atoms with E-state index >= 15 is 0 Å². The molecule has 0 aromatic heterocycles. The number of benzene rings is 1. The van der Waals surface area contributed by atoms with Crippen LogP contribution in [0.5, 0.6) is 5.75 Å². The van der Waals surface area contributed by atoms with Crippen molar-refractivity contribution in [2.75, 3.05) is 12.0 Å². The number of methoxy groups -OCH3 is 1. The smallest absolute Gasteiger partial charge is 0.240 e. The maximum Gasteiger partial charge on any atom is 0.240 e. The van der Waals surface area contributed by atoms with Gasteiger partial charge < -0.3 is 4.74 Å². The lowest BCUT2D eigenvalue weighted by atomic mass is 9.84. The van der Waals surface area contributed by atoms with E-state index < -0.39 is 37.7 Å². The minimum atomic E-state index is -1.97. The topological polar surface area (TPSA) is 46.6 Å². The van der Waals surface area contributed by atoms with Crippen LogP contribution in [-0.2, 0) is 9.59 Å². The number of amides is 2. The van der Waals surface area contributed by atoms with E-state index in [1.807, 2.05) is 0 Å². The Morgan fingerprint density at radius 1 is 0.926 bits per heavy atom. The average Bonchev–Trinajstić information content (AvgIpc) is 2.99. The lowest BCUT2D eigenvalue weighted by Crippen LogP contribution is -2.50. The third-order valence-corrected chi connectivity index (χ3v) is 9.78. The van der Waals surface area contributed by atoms with Crippen molar-refractivity contribution in [1.29, 1.82) is 0 Å². The first-order chi connectivity index (χ1) is 12.5. The number of nitrogens with zero attached hydrogens (tertiary/aromatic N) is 1. The van der Waals surface area contributed by atoms with Crippen LogP contribution in [0.4, 0.5) is 5.69 Å². The molecule has 4 rings (SSSR count). The third kappa shape index (κ3) is 2.06. The molecule has 0 radical (unpaired) electrons. The van der Waals surface area contributed by atoms with Crippen molar-refractivity contribution in [1.82, 2.24) is 0 Å². The van der Waals surface area contributed by atoms with E-state index in [1.165, 1.54) is 19.2 Å². The maximum atomic E-state index is 13.3. The summed E-state index contributed by atoms with van der Waals surface area (Å²) in [4.78, 5) is 23.8. The maximum absolute atomic E-state index is 13.3. The predicted molar refractivity (Wildman–Crippen MR) is 108 cm³/mol. The average molecular weight is 510 g/mol. The summed E-state index contributed by atoms with van der Waals surface area (Å²) in [6.07, 6.45) is 0. The van der Waals surface area contributed by atoms with E-state index in [0.29, 0.717) is 5.02 Å². The minimum absolute atomic E-state index is 0.145. The highest BCUT2D eigenvalue weighted by Crippen LogP contribution is 2.77. The number of hydrogen-bond donors (Lipinski definition) is 0. The van der Waals surface area contributed by atoms with Gasteiger partial charge in [0.05, 0.1) is 34.7 Å². The molecule has 2 amide bonds. The molecule has 2 bridgehead atoms. The molecule has 144 valence electrons. The van der Waals surface area contributed by atoms with Gasteiger partial charge in [-0.2, -0.15) is 0 Å². The lowest BCUT2D eigenvalue weighted by molar-refractivity contribution is -0.123. The van der Waals surface area contributed by atoms with Crippen molar-refractivity contribution in [2.24, 2.45) is 11.8 Å². The van der Waals surface area contributed by atoms with Gasteiger partial charge in [0.15, 0.2) is 4.33 Å². The number of imide groups is 1. The van der Waals surface area contributed by atoms with Crippen molar-refractivity contribution in [3.8, 4) is 5.75 Å². The van der Waals surface area contributed by atoms with Crippen LogP contribution in [0.25, 0.3) is 0 Å². The number of carbonyl (C=O) groups excluding carboxylic acids is 2. The number of carbonyl (C=O) groups is 2. The van der Waals surface area contributed by atoms with E-state index in [-0.39, 0.29) is 21.5 Å². The van der Waals surface area contributed by atoms with Gasteiger partial charge in [0.2, 0.25) is 11.8 Å². The van der Waals surface area contributed by atoms with Crippen LogP contribution in [0.1, 0.15) is 0 Å². The Morgan fingerprint density at radius 2 is 1.41 bits per heavy atom. The zero-order chi connectivity index (χ0) is 20.1. The molecule has 4 atom stereocenters. The van der Waals surface area contributed by atoms with Gasteiger partial charge in [0, 0.05) is 5.02 Å². The molecule has 2 fully saturated rings. The molecule has 3 aliphatic rings. The second kappa shape index (κ2) is 5.98. The minimum Gasteiger partial charge on any atom is -0.495 e. The molecule has 1 saturated heterocycles. The van der Waals surface area contributed by atoms with E-state index in [2.05, 4.69) is 0 Å². The number of rotatable bonds is 2. The number of allylic oxidation sites excluding steroid dienone is 2. The van der Waals surface area contributed by atoms with Crippen LogP contribution in [0.15, 0.2) is 28.3 Å². The zero-order valence-electron chi connectivity index (χ0n) is 13.2. The first-order valence-corrected chi connectivity index (χ1v) is 10.1. The van der Waals surface area contributed by atoms with Gasteiger partial charge >= 0.3 is 0 Å². The molecule has 1 saturated carbocycles. The molecule has 0 N–H and O–H groups in total. The summed E-state index contributed by atoms with van der Waals surface area (Å²) in [6, 6.07) is 4.51. The second-order valence-corrected chi connectivity index (χ2v) is 10.1. The fraction of sp³-hybridized carbons (Fsp3) is 0.375. The number of hydrogen-bond acceptors (Lipinski definition) is 3. The van der Waals surface area contributed by atoms with Crippen molar-refractivity contribution in [3.05, 3.63) is 33.3 Å². The molecule has 1 heterocycles. The Labute approximate surface area is 189 Å². The molecule has 11 heteroatoms. The quantitative estimate of drug-likeness (QED) is 0.401. The van der Waals surface area contributed by atoms with Crippen molar-refractivity contribution < 1.29 is 14.3 Å². The highest BCUT2D eigenvalue weighted by molar-refractivity contribution is 6.67. The predicted octanol–water partition coefficient (Wildman–Crippen LogP) is 5.30. The summed E-state index contributed by atoms with van der Waals surface area (Å²) in [7, 11) is 1.40. The second-order valence-electron chi connectivity index (χ2n) is 6.41. The van der Waals surface area contributed by atoms with Crippen LogP contribution in [0.2, 0.25) is 5.02 Å². The zero-order valence-corrected chi connectivity index (χ0v) is 18.5. The van der Waals surface area contributed by atoms with E-state index in [1.54, 1.807) is 6.07 Å². The van der Waals surface area contributed by atoms with Gasteiger partial charge in [0.25, 0.3) is 0 Å². The number of ether oxygens (including phenoxy) is 1. The third-order valence-electron chi connectivity index (χ3n) is 5.29. The van der Waals surface area contributed by atoms with Crippen molar-refractivity contribution in [2.45, 2.75) is 14.1 Å². The normalized spacial score (nSPS) is 36.7. The highest BCUT2D eigenvalue weighted by atomic mass is 35.5. The van der Waals surface area contributed by atoms with Gasteiger partial charge in [-0.15, -0.1) is 23.2 Å². The summed E-state index contributed by atoms with van der Waals surface area (Å²) in [6.45, 7) is 0. The monoisotopic (exact) mass is 507 g/mol. The summed E-state index contributed by atoms with van der Waals surface area (Å²) >= 11 is 44.8. The van der Waals surface area contributed by atoms with Crippen LogP contribution in [-0.4, -0.2) is 33.0 Å². The van der Waals surface area contributed by atoms with Gasteiger partial charge in [-0.25, -0.2) is 4.90 Å². The summed E-state index contributed by atoms with van der Waals surface area (Å²) < 4.78 is 3.28. The molecular formula is C16H8Cl7NO3. The standard InChI is InChI=1S/C16H8Cl7NO3/c1-27-7-3-2-5(17)4-6(7)24-12(25)8-9(13(24)26)15(21)11(19)10(18)14(8,20)16(15,22)23/h2-4,8-9H,1H3/t8-,9-,14+,15+/m0/s1. The molecule has 0 spiro atoms. The van der Waals surface area contributed by atoms with Crippen molar-refractivity contribution in [3.63, 3.8) is 0 Å². The van der Waals surface area contributed by atoms with E-state index in [0.717, 1.165) is 4.90 Å². The highest BCUT2D eigenvalue weighted by Gasteiger charge is 2.87. The fourth-order valence-corrected chi connectivity index (χ4v) is 7.17. The number of anilines is 1. The molecule has 4 nitrogen and oxygen atoms in total. The molecule has 2 aliphatic carbocycles. The Hall–Kier alpha value is -0.0700.